The van der Waals surface area contributed by atoms with Gasteiger partial charge in [0, 0.05) is 5.54 Å². The minimum absolute atomic E-state index is 0.0628. The molecule has 2 rings (SSSR count). The summed E-state index contributed by atoms with van der Waals surface area (Å²) in [5.74, 6) is 0.801. The van der Waals surface area contributed by atoms with E-state index in [4.69, 9.17) is 5.73 Å². The molecule has 0 radical (unpaired) electrons. The number of alkyl halides is 1. The molecule has 0 aromatic heterocycles. The first-order valence-electron chi connectivity index (χ1n) is 4.61. The van der Waals surface area contributed by atoms with E-state index in [-0.39, 0.29) is 12.2 Å². The molecule has 2 atom stereocenters. The van der Waals surface area contributed by atoms with Crippen LogP contribution in [0.3, 0.4) is 0 Å². The molecule has 2 aliphatic carbocycles. The first-order valence-corrected chi connectivity index (χ1v) is 4.61. The minimum atomic E-state index is -0.149. The van der Waals surface area contributed by atoms with Gasteiger partial charge in [-0.05, 0) is 37.5 Å². The highest BCUT2D eigenvalue weighted by Gasteiger charge is 2.49. The van der Waals surface area contributed by atoms with Gasteiger partial charge in [0.05, 0.1) is 6.67 Å². The molecule has 2 fully saturated rings. The summed E-state index contributed by atoms with van der Waals surface area (Å²) in [4.78, 5) is 0. The van der Waals surface area contributed by atoms with Crippen molar-refractivity contribution in [3.63, 3.8) is 0 Å². The maximum Gasteiger partial charge on any atom is 0.0925 e. The molecule has 2 N–H and O–H groups in total. The highest BCUT2D eigenvalue weighted by molar-refractivity contribution is 5.07. The van der Waals surface area contributed by atoms with E-state index >= 15 is 0 Å². The fourth-order valence-corrected chi connectivity index (χ4v) is 2.49. The quantitative estimate of drug-likeness (QED) is 0.650. The zero-order valence-corrected chi connectivity index (χ0v) is 6.85. The third kappa shape index (κ3) is 1.18. The van der Waals surface area contributed by atoms with Crippen LogP contribution in [0.5, 0.6) is 0 Å². The summed E-state index contributed by atoms with van der Waals surface area (Å²) < 4.78 is 12.5. The van der Waals surface area contributed by atoms with Crippen LogP contribution in [0.1, 0.15) is 32.1 Å². The van der Waals surface area contributed by atoms with Crippen LogP contribution < -0.4 is 5.73 Å². The monoisotopic (exact) mass is 157 g/mol. The molecule has 0 aromatic carbocycles. The summed E-state index contributed by atoms with van der Waals surface area (Å²) in [5, 5.41) is 0. The Kier molecular flexibility index (Phi) is 1.67. The molecule has 0 aliphatic heterocycles. The van der Waals surface area contributed by atoms with E-state index in [1.165, 1.54) is 12.8 Å². The number of nitrogens with two attached hydrogens (primary N) is 1. The van der Waals surface area contributed by atoms with E-state index < -0.39 is 0 Å². The third-order valence-corrected chi connectivity index (χ3v) is 3.42. The van der Waals surface area contributed by atoms with Crippen LogP contribution >= 0.6 is 0 Å². The van der Waals surface area contributed by atoms with Crippen molar-refractivity contribution < 1.29 is 4.39 Å². The summed E-state index contributed by atoms with van der Waals surface area (Å²) in [5.41, 5.74) is 6.11. The largest absolute Gasteiger partial charge is 0.325 e. The van der Waals surface area contributed by atoms with Crippen LogP contribution in [0.2, 0.25) is 0 Å². The molecule has 2 aliphatic rings. The van der Waals surface area contributed by atoms with E-state index in [1.807, 2.05) is 0 Å². The van der Waals surface area contributed by atoms with E-state index in [0.717, 1.165) is 19.3 Å². The van der Waals surface area contributed by atoms with Crippen LogP contribution in [0, 0.1) is 11.8 Å². The average molecular weight is 157 g/mol. The van der Waals surface area contributed by atoms with Crippen LogP contribution in [-0.4, -0.2) is 12.2 Å². The highest BCUT2D eigenvalue weighted by atomic mass is 19.1. The van der Waals surface area contributed by atoms with Gasteiger partial charge in [-0.1, -0.05) is 6.42 Å². The van der Waals surface area contributed by atoms with Gasteiger partial charge in [0.25, 0.3) is 0 Å². The molecule has 0 spiro atoms. The Morgan fingerprint density at radius 3 is 2.64 bits per heavy atom. The lowest BCUT2D eigenvalue weighted by molar-refractivity contribution is 0.251. The maximum atomic E-state index is 12.5. The molecule has 2 heteroatoms. The van der Waals surface area contributed by atoms with Crippen LogP contribution in [-0.2, 0) is 0 Å². The summed E-state index contributed by atoms with van der Waals surface area (Å²) in [6.45, 7) is -0.149. The van der Waals surface area contributed by atoms with Crippen LogP contribution in [0.4, 0.5) is 4.39 Å². The average Bonchev–Trinajstić information content (AvgIpc) is 2.61. The number of rotatable bonds is 2. The standard InChI is InChI=1S/C9H16FN/c10-6-7-2-1-3-8(7)9(11)4-5-9/h7-8H,1-6,11H2. The van der Waals surface area contributed by atoms with Gasteiger partial charge >= 0.3 is 0 Å². The second-order valence-electron chi connectivity index (χ2n) is 4.18. The Labute approximate surface area is 67.2 Å². The van der Waals surface area contributed by atoms with Gasteiger partial charge in [0.1, 0.15) is 0 Å². The van der Waals surface area contributed by atoms with Crippen molar-refractivity contribution in [3.05, 3.63) is 0 Å². The predicted molar refractivity (Wildman–Crippen MR) is 43.0 cm³/mol. The molecule has 0 aromatic rings. The lowest BCUT2D eigenvalue weighted by atomic mass is 9.88. The summed E-state index contributed by atoms with van der Waals surface area (Å²) in [6, 6.07) is 0. The summed E-state index contributed by atoms with van der Waals surface area (Å²) in [7, 11) is 0. The van der Waals surface area contributed by atoms with Crippen molar-refractivity contribution in [2.45, 2.75) is 37.6 Å². The number of halogens is 1. The van der Waals surface area contributed by atoms with Crippen molar-refractivity contribution in [1.29, 1.82) is 0 Å². The van der Waals surface area contributed by atoms with Crippen molar-refractivity contribution in [1.82, 2.24) is 0 Å². The second kappa shape index (κ2) is 2.44. The zero-order chi connectivity index (χ0) is 7.90. The fourth-order valence-electron chi connectivity index (χ4n) is 2.49. The van der Waals surface area contributed by atoms with Crippen LogP contribution in [0.15, 0.2) is 0 Å². The predicted octanol–water partition coefficient (Wildman–Crippen LogP) is 1.86. The van der Waals surface area contributed by atoms with Crippen LogP contribution in [0.25, 0.3) is 0 Å². The summed E-state index contributed by atoms with van der Waals surface area (Å²) in [6.07, 6.45) is 5.70. The Hall–Kier alpha value is -0.110. The van der Waals surface area contributed by atoms with Gasteiger partial charge in [-0.25, -0.2) is 0 Å². The molecule has 64 valence electrons. The van der Waals surface area contributed by atoms with Crippen molar-refractivity contribution in [2.75, 3.05) is 6.67 Å². The Bertz CT molecular complexity index is 154. The molecule has 0 heterocycles. The number of hydrogen-bond acceptors (Lipinski definition) is 1. The molecule has 2 saturated carbocycles. The summed E-state index contributed by atoms with van der Waals surface area (Å²) >= 11 is 0. The van der Waals surface area contributed by atoms with E-state index in [9.17, 15) is 4.39 Å². The van der Waals surface area contributed by atoms with Gasteiger partial charge in [0.2, 0.25) is 0 Å². The Morgan fingerprint density at radius 1 is 1.36 bits per heavy atom. The maximum absolute atomic E-state index is 12.5. The fraction of sp³-hybridized carbons (Fsp3) is 1.00. The lowest BCUT2D eigenvalue weighted by Gasteiger charge is -2.23. The lowest BCUT2D eigenvalue weighted by Crippen LogP contribution is -2.35. The van der Waals surface area contributed by atoms with Gasteiger partial charge in [-0.2, -0.15) is 0 Å². The van der Waals surface area contributed by atoms with Crippen molar-refractivity contribution >= 4 is 0 Å². The molecular weight excluding hydrogens is 141 g/mol. The Balaban J connectivity index is 2.01. The molecule has 1 nitrogen and oxygen atoms in total. The normalized spacial score (nSPS) is 40.9. The van der Waals surface area contributed by atoms with E-state index in [0.29, 0.717) is 11.8 Å². The third-order valence-electron chi connectivity index (χ3n) is 3.42. The van der Waals surface area contributed by atoms with Gasteiger partial charge in [-0.15, -0.1) is 0 Å². The van der Waals surface area contributed by atoms with Gasteiger partial charge in [0.15, 0.2) is 0 Å². The molecule has 0 amide bonds. The van der Waals surface area contributed by atoms with Gasteiger partial charge in [-0.3, -0.25) is 4.39 Å². The minimum Gasteiger partial charge on any atom is -0.325 e. The molecule has 0 saturated heterocycles. The molecule has 11 heavy (non-hydrogen) atoms. The second-order valence-corrected chi connectivity index (χ2v) is 4.18. The molecule has 2 unspecified atom stereocenters. The number of hydrogen-bond donors (Lipinski definition) is 1. The topological polar surface area (TPSA) is 26.0 Å². The van der Waals surface area contributed by atoms with Gasteiger partial charge < -0.3 is 5.73 Å². The van der Waals surface area contributed by atoms with Crippen molar-refractivity contribution in [3.8, 4) is 0 Å². The Morgan fingerprint density at radius 2 is 2.09 bits per heavy atom. The first-order chi connectivity index (χ1) is 5.26. The SMILES string of the molecule is NC1(C2CCCC2CF)CC1. The zero-order valence-electron chi connectivity index (χ0n) is 6.85. The molecular formula is C9H16FN. The highest BCUT2D eigenvalue weighted by Crippen LogP contribution is 2.49. The van der Waals surface area contributed by atoms with E-state index in [2.05, 4.69) is 0 Å². The van der Waals surface area contributed by atoms with E-state index in [1.54, 1.807) is 0 Å². The molecule has 0 bridgehead atoms. The van der Waals surface area contributed by atoms with Crippen molar-refractivity contribution in [2.24, 2.45) is 17.6 Å². The smallest absolute Gasteiger partial charge is 0.0925 e. The first kappa shape index (κ1) is 7.53.